The zero-order valence-electron chi connectivity index (χ0n) is 12.2. The van der Waals surface area contributed by atoms with Gasteiger partial charge in [-0.2, -0.15) is 16.1 Å². The summed E-state index contributed by atoms with van der Waals surface area (Å²) < 4.78 is 27.9. The van der Waals surface area contributed by atoms with Crippen LogP contribution in [0.5, 0.6) is 0 Å². The highest BCUT2D eigenvalue weighted by Gasteiger charge is 2.32. The number of sulfonamides is 1. The molecule has 2 heterocycles. The second-order valence-corrected chi connectivity index (χ2v) is 9.00. The molecule has 1 aliphatic heterocycles. The van der Waals surface area contributed by atoms with Crippen molar-refractivity contribution in [1.82, 2.24) is 9.29 Å². The molecule has 118 valence electrons. The largest absolute Gasteiger partial charge is 0.369 e. The van der Waals surface area contributed by atoms with Crippen LogP contribution in [0, 0.1) is 0 Å². The van der Waals surface area contributed by atoms with Crippen molar-refractivity contribution in [3.63, 3.8) is 0 Å². The average molecular weight is 394 g/mol. The minimum Gasteiger partial charge on any atom is -0.369 e. The van der Waals surface area contributed by atoms with E-state index in [4.69, 9.17) is 0 Å². The standard InChI is InChI=1S/C13H20BrN3O2S2/c1-3-5-15-13-12(7-10(14)8-16-13)21(18,19)17(2)11-4-6-20-9-11/h7-8,11H,3-6,9H2,1-2H3,(H,15,16). The lowest BCUT2D eigenvalue weighted by atomic mass is 10.3. The molecule has 0 amide bonds. The summed E-state index contributed by atoms with van der Waals surface area (Å²) in [4.78, 5) is 4.46. The zero-order chi connectivity index (χ0) is 15.5. The molecule has 0 aromatic carbocycles. The molecule has 1 aliphatic rings. The predicted molar refractivity (Wildman–Crippen MR) is 91.4 cm³/mol. The van der Waals surface area contributed by atoms with E-state index < -0.39 is 10.0 Å². The smallest absolute Gasteiger partial charge is 0.246 e. The van der Waals surface area contributed by atoms with Gasteiger partial charge in [-0.15, -0.1) is 0 Å². The number of halogens is 1. The van der Waals surface area contributed by atoms with Gasteiger partial charge in [0.2, 0.25) is 10.0 Å². The van der Waals surface area contributed by atoms with Gasteiger partial charge >= 0.3 is 0 Å². The van der Waals surface area contributed by atoms with Crippen molar-refractivity contribution in [2.24, 2.45) is 0 Å². The summed E-state index contributed by atoms with van der Waals surface area (Å²) in [7, 11) is -1.88. The molecule has 0 spiro atoms. The summed E-state index contributed by atoms with van der Waals surface area (Å²) in [5, 5.41) is 3.10. The maximum Gasteiger partial charge on any atom is 0.246 e. The van der Waals surface area contributed by atoms with E-state index in [1.165, 1.54) is 4.31 Å². The Morgan fingerprint density at radius 1 is 1.57 bits per heavy atom. The van der Waals surface area contributed by atoms with E-state index in [9.17, 15) is 8.42 Å². The second kappa shape index (κ2) is 7.30. The average Bonchev–Trinajstić information content (AvgIpc) is 2.99. The Balaban J connectivity index is 2.35. The van der Waals surface area contributed by atoms with Gasteiger partial charge in [0.25, 0.3) is 0 Å². The Kier molecular flexibility index (Phi) is 5.93. The van der Waals surface area contributed by atoms with Crippen molar-refractivity contribution in [1.29, 1.82) is 0 Å². The molecule has 1 saturated heterocycles. The van der Waals surface area contributed by atoms with Gasteiger partial charge in [0.15, 0.2) is 0 Å². The number of pyridine rings is 1. The van der Waals surface area contributed by atoms with Crippen molar-refractivity contribution in [2.75, 3.05) is 30.4 Å². The molecular formula is C13H20BrN3O2S2. The van der Waals surface area contributed by atoms with Crippen LogP contribution in [0.4, 0.5) is 5.82 Å². The highest BCUT2D eigenvalue weighted by atomic mass is 79.9. The Morgan fingerprint density at radius 3 is 2.95 bits per heavy atom. The van der Waals surface area contributed by atoms with Crippen LogP contribution in [-0.4, -0.2) is 48.8 Å². The summed E-state index contributed by atoms with van der Waals surface area (Å²) in [5.41, 5.74) is 0. The number of rotatable bonds is 6. The fraction of sp³-hybridized carbons (Fsp3) is 0.615. The fourth-order valence-corrected chi connectivity index (χ4v) is 5.53. The molecule has 5 nitrogen and oxygen atoms in total. The number of thioether (sulfide) groups is 1. The van der Waals surface area contributed by atoms with Gasteiger partial charge in [-0.3, -0.25) is 0 Å². The van der Waals surface area contributed by atoms with E-state index >= 15 is 0 Å². The monoisotopic (exact) mass is 393 g/mol. The normalized spacial score (nSPS) is 19.1. The van der Waals surface area contributed by atoms with Gasteiger partial charge in [-0.05, 0) is 40.6 Å². The highest BCUT2D eigenvalue weighted by molar-refractivity contribution is 9.10. The van der Waals surface area contributed by atoms with E-state index in [0.29, 0.717) is 16.8 Å². The number of nitrogens with one attached hydrogen (secondary N) is 1. The third-order valence-electron chi connectivity index (χ3n) is 3.44. The van der Waals surface area contributed by atoms with Crippen LogP contribution in [0.15, 0.2) is 21.6 Å². The lowest BCUT2D eigenvalue weighted by molar-refractivity contribution is 0.394. The van der Waals surface area contributed by atoms with E-state index in [-0.39, 0.29) is 10.9 Å². The van der Waals surface area contributed by atoms with Crippen LogP contribution in [-0.2, 0) is 10.0 Å². The molecule has 0 aliphatic carbocycles. The topological polar surface area (TPSA) is 62.3 Å². The van der Waals surface area contributed by atoms with Crippen LogP contribution in [0.2, 0.25) is 0 Å². The summed E-state index contributed by atoms with van der Waals surface area (Å²) in [6, 6.07) is 1.69. The molecule has 1 unspecified atom stereocenters. The lowest BCUT2D eigenvalue weighted by Crippen LogP contribution is -2.37. The number of aromatic nitrogens is 1. The molecule has 1 N–H and O–H groups in total. The predicted octanol–water partition coefficient (Wildman–Crippen LogP) is 2.79. The molecule has 0 bridgehead atoms. The second-order valence-electron chi connectivity index (χ2n) is 4.97. The van der Waals surface area contributed by atoms with Gasteiger partial charge < -0.3 is 5.32 Å². The Bertz CT molecular complexity index is 589. The number of anilines is 1. The number of hydrogen-bond acceptors (Lipinski definition) is 5. The third-order valence-corrected chi connectivity index (χ3v) is 6.94. The third kappa shape index (κ3) is 3.91. The van der Waals surface area contributed by atoms with Crippen LogP contribution in [0.25, 0.3) is 0 Å². The van der Waals surface area contributed by atoms with Gasteiger partial charge in [-0.25, -0.2) is 13.4 Å². The number of nitrogens with zero attached hydrogens (tertiary/aromatic N) is 2. The van der Waals surface area contributed by atoms with Gasteiger partial charge in [0.05, 0.1) is 0 Å². The maximum atomic E-state index is 12.9. The first-order valence-electron chi connectivity index (χ1n) is 6.92. The summed E-state index contributed by atoms with van der Waals surface area (Å²) in [6.07, 6.45) is 3.42. The summed E-state index contributed by atoms with van der Waals surface area (Å²) in [6.45, 7) is 2.72. The summed E-state index contributed by atoms with van der Waals surface area (Å²) in [5.74, 6) is 2.30. The Morgan fingerprint density at radius 2 is 2.33 bits per heavy atom. The first-order valence-corrected chi connectivity index (χ1v) is 10.3. The zero-order valence-corrected chi connectivity index (χ0v) is 15.4. The van der Waals surface area contributed by atoms with Crippen LogP contribution < -0.4 is 5.32 Å². The molecular weight excluding hydrogens is 374 g/mol. The van der Waals surface area contributed by atoms with E-state index in [1.54, 1.807) is 31.1 Å². The van der Waals surface area contributed by atoms with E-state index in [2.05, 4.69) is 26.2 Å². The number of hydrogen-bond donors (Lipinski definition) is 1. The summed E-state index contributed by atoms with van der Waals surface area (Å²) >= 11 is 5.11. The molecule has 1 fully saturated rings. The molecule has 2 rings (SSSR count). The van der Waals surface area contributed by atoms with Gasteiger partial charge in [0, 0.05) is 36.1 Å². The van der Waals surface area contributed by atoms with Crippen LogP contribution >= 0.6 is 27.7 Å². The van der Waals surface area contributed by atoms with Crippen molar-refractivity contribution in [3.05, 3.63) is 16.7 Å². The van der Waals surface area contributed by atoms with Crippen LogP contribution in [0.1, 0.15) is 19.8 Å². The Hall–Kier alpha value is -0.310. The Labute approximate surface area is 139 Å². The first-order chi connectivity index (χ1) is 9.96. The van der Waals surface area contributed by atoms with Crippen molar-refractivity contribution in [2.45, 2.75) is 30.7 Å². The highest BCUT2D eigenvalue weighted by Crippen LogP contribution is 2.30. The van der Waals surface area contributed by atoms with E-state index in [0.717, 1.165) is 24.3 Å². The van der Waals surface area contributed by atoms with Crippen LogP contribution in [0.3, 0.4) is 0 Å². The fourth-order valence-electron chi connectivity index (χ4n) is 2.15. The van der Waals surface area contributed by atoms with E-state index in [1.807, 2.05) is 6.92 Å². The molecule has 1 aromatic heterocycles. The van der Waals surface area contributed by atoms with Crippen molar-refractivity contribution < 1.29 is 8.42 Å². The minimum absolute atomic E-state index is 0.0676. The quantitative estimate of drug-likeness (QED) is 0.804. The molecule has 1 aromatic rings. The maximum absolute atomic E-state index is 12.9. The molecule has 8 heteroatoms. The van der Waals surface area contributed by atoms with Crippen molar-refractivity contribution >= 4 is 43.5 Å². The van der Waals surface area contributed by atoms with Crippen molar-refractivity contribution in [3.8, 4) is 0 Å². The minimum atomic E-state index is -3.54. The molecule has 0 saturated carbocycles. The van der Waals surface area contributed by atoms with Gasteiger partial charge in [0.1, 0.15) is 10.7 Å². The SMILES string of the molecule is CCCNc1ncc(Br)cc1S(=O)(=O)N(C)C1CCSC1. The van der Waals surface area contributed by atoms with Gasteiger partial charge in [-0.1, -0.05) is 6.92 Å². The molecule has 0 radical (unpaired) electrons. The molecule has 21 heavy (non-hydrogen) atoms. The lowest BCUT2D eigenvalue weighted by Gasteiger charge is -2.24. The molecule has 1 atom stereocenters. The first kappa shape index (κ1) is 17.1.